The van der Waals surface area contributed by atoms with Crippen molar-refractivity contribution in [3.63, 3.8) is 0 Å². The highest BCUT2D eigenvalue weighted by molar-refractivity contribution is 4.93. The molecule has 0 amide bonds. The fourth-order valence-corrected chi connectivity index (χ4v) is 2.27. The second kappa shape index (κ2) is 15.5. The van der Waals surface area contributed by atoms with E-state index in [1.807, 2.05) is 0 Å². The van der Waals surface area contributed by atoms with Crippen LogP contribution < -0.4 is 0 Å². The molecule has 0 rings (SSSR count). The van der Waals surface area contributed by atoms with Crippen LogP contribution in [0, 0.1) is 5.92 Å². The lowest BCUT2D eigenvalue weighted by Gasteiger charge is -2.07. The molecular weight excluding hydrogens is 228 g/mol. The van der Waals surface area contributed by atoms with E-state index in [-0.39, 0.29) is 0 Å². The van der Waals surface area contributed by atoms with Crippen molar-refractivity contribution >= 4 is 0 Å². The van der Waals surface area contributed by atoms with Crippen molar-refractivity contribution in [1.82, 2.24) is 0 Å². The lowest BCUT2D eigenvalue weighted by molar-refractivity contribution is 0.494. The van der Waals surface area contributed by atoms with Crippen LogP contribution in [0.25, 0.3) is 0 Å². The molecule has 0 radical (unpaired) electrons. The summed E-state index contributed by atoms with van der Waals surface area (Å²) < 4.78 is 0. The Balaban J connectivity index is 3.36. The topological polar surface area (TPSA) is 0 Å². The third-order valence-corrected chi connectivity index (χ3v) is 3.67. The predicted octanol–water partition coefficient (Wildman–Crippen LogP) is 7.07. The Kier molecular flexibility index (Phi) is 15.1. The van der Waals surface area contributed by atoms with Gasteiger partial charge in [-0.25, -0.2) is 0 Å². The Morgan fingerprint density at radius 1 is 0.737 bits per heavy atom. The molecule has 0 spiro atoms. The van der Waals surface area contributed by atoms with Crippen LogP contribution in [0.1, 0.15) is 91.4 Å². The van der Waals surface area contributed by atoms with Gasteiger partial charge in [0.2, 0.25) is 0 Å². The molecule has 1 unspecified atom stereocenters. The summed E-state index contributed by atoms with van der Waals surface area (Å²) in [4.78, 5) is 0. The van der Waals surface area contributed by atoms with Crippen molar-refractivity contribution in [2.75, 3.05) is 0 Å². The smallest absolute Gasteiger partial charge is 0.0169 e. The summed E-state index contributed by atoms with van der Waals surface area (Å²) >= 11 is 0. The second-order valence-corrected chi connectivity index (χ2v) is 5.86. The van der Waals surface area contributed by atoms with Crippen molar-refractivity contribution in [2.45, 2.75) is 91.4 Å². The monoisotopic (exact) mass is 264 g/mol. The zero-order chi connectivity index (χ0) is 14.2. The van der Waals surface area contributed by atoms with Crippen molar-refractivity contribution in [2.24, 2.45) is 5.92 Å². The lowest BCUT2D eigenvalue weighted by atomic mass is 9.99. The molecule has 0 aliphatic rings. The second-order valence-electron chi connectivity index (χ2n) is 5.86. The Morgan fingerprint density at radius 2 is 1.42 bits per heavy atom. The Morgan fingerprint density at radius 3 is 2.16 bits per heavy atom. The summed E-state index contributed by atoms with van der Waals surface area (Å²) in [6.07, 6.45) is 24.0. The third kappa shape index (κ3) is 15.4. The zero-order valence-electron chi connectivity index (χ0n) is 13.7. The van der Waals surface area contributed by atoms with Gasteiger partial charge in [0.05, 0.1) is 0 Å². The average molecular weight is 264 g/mol. The van der Waals surface area contributed by atoms with Gasteiger partial charge in [0.15, 0.2) is 0 Å². The minimum absolute atomic E-state index is 0.863. The summed E-state index contributed by atoms with van der Waals surface area (Å²) in [7, 11) is 0. The molecule has 0 saturated carbocycles. The SMILES string of the molecule is CCCCC/C=C/C/C=C/CC(C)CCCCCC. The van der Waals surface area contributed by atoms with E-state index in [4.69, 9.17) is 0 Å². The Hall–Kier alpha value is -0.520. The molecule has 0 aliphatic carbocycles. The van der Waals surface area contributed by atoms with Gasteiger partial charge in [-0.2, -0.15) is 0 Å². The van der Waals surface area contributed by atoms with E-state index in [2.05, 4.69) is 45.1 Å². The van der Waals surface area contributed by atoms with Crippen LogP contribution in [-0.2, 0) is 0 Å². The van der Waals surface area contributed by atoms with Crippen LogP contribution in [0.3, 0.4) is 0 Å². The third-order valence-electron chi connectivity index (χ3n) is 3.67. The maximum absolute atomic E-state index is 2.39. The molecule has 0 aromatic carbocycles. The molecule has 19 heavy (non-hydrogen) atoms. The maximum atomic E-state index is 2.39. The van der Waals surface area contributed by atoms with E-state index in [0.29, 0.717) is 0 Å². The summed E-state index contributed by atoms with van der Waals surface area (Å²) in [6.45, 7) is 6.93. The van der Waals surface area contributed by atoms with Crippen LogP contribution in [0.5, 0.6) is 0 Å². The van der Waals surface area contributed by atoms with Crippen LogP contribution in [0.4, 0.5) is 0 Å². The van der Waals surface area contributed by atoms with Gasteiger partial charge in [0.25, 0.3) is 0 Å². The predicted molar refractivity (Wildman–Crippen MR) is 89.6 cm³/mol. The molecule has 0 aromatic rings. The van der Waals surface area contributed by atoms with Gasteiger partial charge < -0.3 is 0 Å². The minimum Gasteiger partial charge on any atom is -0.0882 e. The maximum Gasteiger partial charge on any atom is -0.0169 e. The molecule has 0 heteroatoms. The molecule has 1 atom stereocenters. The molecule has 0 aliphatic heterocycles. The fourth-order valence-electron chi connectivity index (χ4n) is 2.27. The first-order valence-corrected chi connectivity index (χ1v) is 8.61. The van der Waals surface area contributed by atoms with Crippen molar-refractivity contribution < 1.29 is 0 Å². The van der Waals surface area contributed by atoms with E-state index in [0.717, 1.165) is 12.3 Å². The molecule has 112 valence electrons. The Bertz CT molecular complexity index is 212. The van der Waals surface area contributed by atoms with E-state index in [9.17, 15) is 0 Å². The van der Waals surface area contributed by atoms with Gasteiger partial charge in [-0.3, -0.25) is 0 Å². The minimum atomic E-state index is 0.863. The molecule has 0 aromatic heterocycles. The van der Waals surface area contributed by atoms with Crippen LogP contribution in [-0.4, -0.2) is 0 Å². The molecular formula is C19H36. The average Bonchev–Trinajstić information content (AvgIpc) is 2.42. The molecule has 0 fully saturated rings. The van der Waals surface area contributed by atoms with Gasteiger partial charge in [-0.15, -0.1) is 0 Å². The quantitative estimate of drug-likeness (QED) is 0.246. The van der Waals surface area contributed by atoms with Gasteiger partial charge in [-0.1, -0.05) is 90.0 Å². The van der Waals surface area contributed by atoms with Gasteiger partial charge in [0.1, 0.15) is 0 Å². The molecule has 0 heterocycles. The summed E-state index contributed by atoms with van der Waals surface area (Å²) in [6, 6.07) is 0. The summed E-state index contributed by atoms with van der Waals surface area (Å²) in [5.41, 5.74) is 0. The number of unbranched alkanes of at least 4 members (excludes halogenated alkanes) is 6. The number of hydrogen-bond acceptors (Lipinski definition) is 0. The van der Waals surface area contributed by atoms with Crippen LogP contribution >= 0.6 is 0 Å². The molecule has 0 bridgehead atoms. The standard InChI is InChI=1S/C19H36/c1-4-6-8-10-11-12-13-14-16-18-19(3)17-15-9-7-5-2/h11-12,14,16,19H,4-10,13,15,17-18H2,1-3H3/b12-11+,16-14+. The van der Waals surface area contributed by atoms with E-state index >= 15 is 0 Å². The normalized spacial score (nSPS) is 13.6. The highest BCUT2D eigenvalue weighted by atomic mass is 14.0. The van der Waals surface area contributed by atoms with Crippen molar-refractivity contribution in [3.05, 3.63) is 24.3 Å². The van der Waals surface area contributed by atoms with Gasteiger partial charge in [-0.05, 0) is 31.6 Å². The van der Waals surface area contributed by atoms with Crippen molar-refractivity contribution in [1.29, 1.82) is 0 Å². The number of hydrogen-bond donors (Lipinski definition) is 0. The molecule has 0 nitrogen and oxygen atoms in total. The summed E-state index contributed by atoms with van der Waals surface area (Å²) in [5.74, 6) is 0.863. The fraction of sp³-hybridized carbons (Fsp3) is 0.789. The Labute approximate surface area is 122 Å². The van der Waals surface area contributed by atoms with Gasteiger partial charge >= 0.3 is 0 Å². The number of rotatable bonds is 13. The van der Waals surface area contributed by atoms with E-state index in [1.54, 1.807) is 0 Å². The van der Waals surface area contributed by atoms with E-state index in [1.165, 1.54) is 64.2 Å². The number of allylic oxidation sites excluding steroid dienone is 4. The van der Waals surface area contributed by atoms with Crippen LogP contribution in [0.2, 0.25) is 0 Å². The summed E-state index contributed by atoms with van der Waals surface area (Å²) in [5, 5.41) is 0. The first-order chi connectivity index (χ1) is 9.31. The zero-order valence-corrected chi connectivity index (χ0v) is 13.7. The first kappa shape index (κ1) is 18.5. The van der Waals surface area contributed by atoms with E-state index < -0.39 is 0 Å². The largest absolute Gasteiger partial charge is 0.0882 e. The first-order valence-electron chi connectivity index (χ1n) is 8.61. The molecule has 0 N–H and O–H groups in total. The molecule has 0 saturated heterocycles. The van der Waals surface area contributed by atoms with Crippen molar-refractivity contribution in [3.8, 4) is 0 Å². The highest BCUT2D eigenvalue weighted by Gasteiger charge is 1.98. The lowest BCUT2D eigenvalue weighted by Crippen LogP contribution is -1.92. The van der Waals surface area contributed by atoms with Gasteiger partial charge in [0, 0.05) is 0 Å². The highest BCUT2D eigenvalue weighted by Crippen LogP contribution is 2.14. The van der Waals surface area contributed by atoms with Crippen LogP contribution in [0.15, 0.2) is 24.3 Å².